The maximum absolute atomic E-state index is 14.2. The number of rotatable bonds is 4. The molecule has 1 aliphatic carbocycles. The van der Waals surface area contributed by atoms with Crippen LogP contribution in [0.25, 0.3) is 11.1 Å². The van der Waals surface area contributed by atoms with Crippen molar-refractivity contribution in [3.8, 4) is 11.1 Å². The molecule has 2 atom stereocenters. The fraction of sp³-hybridized carbons (Fsp3) is 0.378. The van der Waals surface area contributed by atoms with E-state index in [0.717, 1.165) is 22.3 Å². The maximum atomic E-state index is 14.2. The highest BCUT2D eigenvalue weighted by Gasteiger charge is 2.72. The molecule has 4 aliphatic heterocycles. The molecule has 12 nitrogen and oxygen atoms in total. The van der Waals surface area contributed by atoms with Gasteiger partial charge in [0.2, 0.25) is 0 Å². The summed E-state index contributed by atoms with van der Waals surface area (Å²) in [7, 11) is 0. The second-order valence-electron chi connectivity index (χ2n) is 14.4. The Hall–Kier alpha value is -5.23. The lowest BCUT2D eigenvalue weighted by molar-refractivity contribution is -0.182. The highest BCUT2D eigenvalue weighted by molar-refractivity contribution is 6.21. The Balaban J connectivity index is 1.03. The Bertz CT molecular complexity index is 1850. The number of nitrogens with zero attached hydrogens (tertiary/aromatic N) is 3. The molecule has 0 radical (unpaired) electrons. The number of imide groups is 1. The van der Waals surface area contributed by atoms with Gasteiger partial charge in [0.25, 0.3) is 11.8 Å². The molecule has 0 aromatic heterocycles. The van der Waals surface area contributed by atoms with Crippen LogP contribution in [0.4, 0.5) is 9.59 Å². The van der Waals surface area contributed by atoms with Gasteiger partial charge in [0.1, 0.15) is 23.2 Å². The summed E-state index contributed by atoms with van der Waals surface area (Å²) in [6, 6.07) is 22.3. The van der Waals surface area contributed by atoms with E-state index in [9.17, 15) is 24.0 Å². The van der Waals surface area contributed by atoms with Crippen LogP contribution in [0.15, 0.2) is 72.8 Å². The SMILES string of the molecule is CC(C)(C)OC(=O)N1CC2(C1)OC[C@@]1(C(=O)ON3C(=O)c4ccccc4C3=O)CN(C(=O)OCC3c4ccccc4-c4ccccc43)C[C@@H]21. The van der Waals surface area contributed by atoms with Gasteiger partial charge in [0.15, 0.2) is 0 Å². The van der Waals surface area contributed by atoms with Gasteiger partial charge >= 0.3 is 18.2 Å². The van der Waals surface area contributed by atoms with Crippen LogP contribution in [0.5, 0.6) is 0 Å². The number of benzene rings is 3. The third kappa shape index (κ3) is 4.79. The van der Waals surface area contributed by atoms with Crippen LogP contribution < -0.4 is 0 Å². The molecule has 3 aromatic carbocycles. The Kier molecular flexibility index (Phi) is 6.91. The molecule has 12 heteroatoms. The summed E-state index contributed by atoms with van der Waals surface area (Å²) in [6.07, 6.45) is -1.12. The minimum absolute atomic E-state index is 0.0794. The fourth-order valence-electron chi connectivity index (χ4n) is 7.98. The lowest BCUT2D eigenvalue weighted by atomic mass is 9.69. The molecule has 3 fully saturated rings. The minimum Gasteiger partial charge on any atom is -0.448 e. The predicted octanol–water partition coefficient (Wildman–Crippen LogP) is 4.63. The van der Waals surface area contributed by atoms with E-state index in [4.69, 9.17) is 19.0 Å². The number of amides is 4. The van der Waals surface area contributed by atoms with E-state index < -0.39 is 52.5 Å². The summed E-state index contributed by atoms with van der Waals surface area (Å²) in [4.78, 5) is 75.5. The van der Waals surface area contributed by atoms with Crippen LogP contribution >= 0.6 is 0 Å². The van der Waals surface area contributed by atoms with Crippen LogP contribution in [0.1, 0.15) is 58.5 Å². The van der Waals surface area contributed by atoms with Crippen molar-refractivity contribution in [2.24, 2.45) is 11.3 Å². The number of ether oxygens (including phenoxy) is 3. The zero-order valence-corrected chi connectivity index (χ0v) is 27.3. The summed E-state index contributed by atoms with van der Waals surface area (Å²) in [5, 5.41) is 0.480. The second kappa shape index (κ2) is 10.9. The molecule has 252 valence electrons. The zero-order chi connectivity index (χ0) is 34.3. The van der Waals surface area contributed by atoms with Crippen molar-refractivity contribution in [1.82, 2.24) is 14.9 Å². The first-order chi connectivity index (χ1) is 23.4. The van der Waals surface area contributed by atoms with Crippen LogP contribution in [0.2, 0.25) is 0 Å². The van der Waals surface area contributed by atoms with Gasteiger partial charge in [-0.25, -0.2) is 14.4 Å². The summed E-state index contributed by atoms with van der Waals surface area (Å²) >= 11 is 0. The number of carbonyl (C=O) groups excluding carboxylic acids is 5. The average Bonchev–Trinajstić information content (AvgIpc) is 3.77. The smallest absolute Gasteiger partial charge is 0.410 e. The minimum atomic E-state index is -1.43. The van der Waals surface area contributed by atoms with Crippen molar-refractivity contribution >= 4 is 30.0 Å². The van der Waals surface area contributed by atoms with Crippen LogP contribution in [-0.4, -0.2) is 95.4 Å². The molecule has 0 saturated carbocycles. The van der Waals surface area contributed by atoms with E-state index in [0.29, 0.717) is 5.06 Å². The largest absolute Gasteiger partial charge is 0.448 e. The first-order valence-electron chi connectivity index (χ1n) is 16.3. The van der Waals surface area contributed by atoms with Gasteiger partial charge in [-0.2, -0.15) is 0 Å². The zero-order valence-electron chi connectivity index (χ0n) is 27.3. The molecule has 3 aromatic rings. The molecule has 1 spiro atoms. The number of hydrogen-bond acceptors (Lipinski definition) is 9. The molecule has 8 rings (SSSR count). The van der Waals surface area contributed by atoms with Gasteiger partial charge in [0.05, 0.1) is 30.8 Å². The van der Waals surface area contributed by atoms with Gasteiger partial charge in [-0.1, -0.05) is 65.7 Å². The molecule has 5 aliphatic rings. The van der Waals surface area contributed by atoms with E-state index >= 15 is 0 Å². The highest BCUT2D eigenvalue weighted by Crippen LogP contribution is 2.55. The van der Waals surface area contributed by atoms with Crippen molar-refractivity contribution in [3.05, 3.63) is 95.1 Å². The normalized spacial score (nSPS) is 23.2. The Morgan fingerprint density at radius 1 is 0.776 bits per heavy atom. The molecule has 0 N–H and O–H groups in total. The third-order valence-corrected chi connectivity index (χ3v) is 10.3. The average molecular weight is 666 g/mol. The molecular formula is C37H35N3O9. The lowest BCUT2D eigenvalue weighted by Crippen LogP contribution is -2.68. The van der Waals surface area contributed by atoms with E-state index in [1.165, 1.54) is 21.9 Å². The molecule has 4 heterocycles. The van der Waals surface area contributed by atoms with Crippen molar-refractivity contribution in [2.45, 2.75) is 37.9 Å². The van der Waals surface area contributed by atoms with Crippen molar-refractivity contribution in [2.75, 3.05) is 39.4 Å². The number of hydroxylamine groups is 2. The lowest BCUT2D eigenvalue weighted by Gasteiger charge is -2.50. The molecular weight excluding hydrogens is 630 g/mol. The molecule has 4 amide bonds. The van der Waals surface area contributed by atoms with Crippen molar-refractivity contribution < 1.29 is 43.0 Å². The van der Waals surface area contributed by atoms with E-state index in [2.05, 4.69) is 12.1 Å². The second-order valence-corrected chi connectivity index (χ2v) is 14.4. The van der Waals surface area contributed by atoms with Gasteiger partial charge in [0, 0.05) is 24.9 Å². The number of hydrogen-bond donors (Lipinski definition) is 0. The van der Waals surface area contributed by atoms with Gasteiger partial charge in [-0.3, -0.25) is 9.59 Å². The number of likely N-dealkylation sites (tertiary alicyclic amines) is 2. The highest BCUT2D eigenvalue weighted by atomic mass is 16.7. The van der Waals surface area contributed by atoms with E-state index in [-0.39, 0.29) is 56.4 Å². The Morgan fingerprint density at radius 2 is 1.33 bits per heavy atom. The summed E-state index contributed by atoms with van der Waals surface area (Å²) in [5.41, 5.74) is 1.49. The Morgan fingerprint density at radius 3 is 1.90 bits per heavy atom. The summed E-state index contributed by atoms with van der Waals surface area (Å²) in [5.74, 6) is -3.14. The van der Waals surface area contributed by atoms with Crippen molar-refractivity contribution in [3.63, 3.8) is 0 Å². The molecule has 0 unspecified atom stereocenters. The summed E-state index contributed by atoms with van der Waals surface area (Å²) in [6.45, 7) is 5.49. The van der Waals surface area contributed by atoms with Crippen LogP contribution in [-0.2, 0) is 23.8 Å². The standard InChI is InChI=1S/C37H35N3O9/c1-35(2,3)48-34(45)39-19-37(20-39)29-16-38(33(44)46-17-28-24-12-6-4-10-22(24)23-11-5-7-13-25(23)28)18-36(29,21-47-37)32(43)49-40-30(41)26-14-8-9-15-27(26)31(40)42/h4-15,28-29H,16-21H2,1-3H3/t29-,36+/m1/s1. The van der Waals surface area contributed by atoms with Gasteiger partial charge in [-0.15, -0.1) is 0 Å². The maximum Gasteiger partial charge on any atom is 0.410 e. The number of fused-ring (bicyclic) bond motifs is 6. The van der Waals surface area contributed by atoms with Crippen molar-refractivity contribution in [1.29, 1.82) is 0 Å². The Labute approximate surface area is 282 Å². The third-order valence-electron chi connectivity index (χ3n) is 10.3. The quantitative estimate of drug-likeness (QED) is 0.366. The predicted molar refractivity (Wildman–Crippen MR) is 172 cm³/mol. The molecule has 49 heavy (non-hydrogen) atoms. The summed E-state index contributed by atoms with van der Waals surface area (Å²) < 4.78 is 17.8. The van der Waals surface area contributed by atoms with Crippen LogP contribution in [0.3, 0.4) is 0 Å². The van der Waals surface area contributed by atoms with Crippen LogP contribution in [0, 0.1) is 11.3 Å². The van der Waals surface area contributed by atoms with Gasteiger partial charge in [-0.05, 0) is 55.2 Å². The molecule has 3 saturated heterocycles. The monoisotopic (exact) mass is 665 g/mol. The van der Waals surface area contributed by atoms with Gasteiger partial charge < -0.3 is 28.8 Å². The number of carbonyl (C=O) groups is 5. The fourth-order valence-corrected chi connectivity index (χ4v) is 7.98. The molecule has 0 bridgehead atoms. The van der Waals surface area contributed by atoms with E-state index in [1.54, 1.807) is 32.9 Å². The first kappa shape index (κ1) is 31.1. The van der Waals surface area contributed by atoms with E-state index in [1.807, 2.05) is 36.4 Å². The first-order valence-corrected chi connectivity index (χ1v) is 16.3. The topological polar surface area (TPSA) is 132 Å².